The van der Waals surface area contributed by atoms with Crippen LogP contribution in [0.4, 0.5) is 0 Å². The fourth-order valence-electron chi connectivity index (χ4n) is 1.88. The number of hydrogen-bond donors (Lipinski definition) is 1. The Bertz CT molecular complexity index is 612. The first kappa shape index (κ1) is 13.0. The Balaban J connectivity index is 2.36. The molecule has 0 atom stereocenters. The van der Waals surface area contributed by atoms with Gasteiger partial charge in [0.2, 0.25) is 0 Å². The number of carboxylic acid groups (broad SMARTS) is 1. The maximum atomic E-state index is 11.7. The number of hydrogen-bond acceptors (Lipinski definition) is 2. The van der Waals surface area contributed by atoms with E-state index in [9.17, 15) is 9.59 Å². The lowest BCUT2D eigenvalue weighted by molar-refractivity contribution is 0.0696. The van der Waals surface area contributed by atoms with Crippen molar-refractivity contribution in [1.82, 2.24) is 0 Å². The van der Waals surface area contributed by atoms with E-state index in [1.54, 1.807) is 30.3 Å². The molecule has 2 aromatic rings. The van der Waals surface area contributed by atoms with Crippen LogP contribution in [0.3, 0.4) is 0 Å². The molecule has 3 nitrogen and oxygen atoms in total. The van der Waals surface area contributed by atoms with E-state index < -0.39 is 5.97 Å². The third-order valence-electron chi connectivity index (χ3n) is 2.97. The van der Waals surface area contributed by atoms with Gasteiger partial charge < -0.3 is 5.11 Å². The predicted octanol–water partition coefficient (Wildman–Crippen LogP) is 3.64. The topological polar surface area (TPSA) is 54.4 Å². The Morgan fingerprint density at radius 1 is 0.947 bits per heavy atom. The van der Waals surface area contributed by atoms with Gasteiger partial charge in [0.1, 0.15) is 0 Å². The molecule has 0 spiro atoms. The summed E-state index contributed by atoms with van der Waals surface area (Å²) < 4.78 is 0. The molecule has 0 aliphatic rings. The molecule has 2 rings (SSSR count). The van der Waals surface area contributed by atoms with Gasteiger partial charge in [-0.25, -0.2) is 4.79 Å². The lowest BCUT2D eigenvalue weighted by Gasteiger charge is -2.05. The molecule has 0 radical (unpaired) electrons. The van der Waals surface area contributed by atoms with Crippen molar-refractivity contribution in [1.29, 1.82) is 0 Å². The molecule has 1 N–H and O–H groups in total. The summed E-state index contributed by atoms with van der Waals surface area (Å²) >= 11 is 0. The van der Waals surface area contributed by atoms with Crippen LogP contribution in [-0.2, 0) is 0 Å². The largest absolute Gasteiger partial charge is 0.478 e. The monoisotopic (exact) mass is 254 g/mol. The third kappa shape index (κ3) is 2.88. The van der Waals surface area contributed by atoms with Gasteiger partial charge in [-0.15, -0.1) is 0 Å². The molecule has 0 saturated heterocycles. The Kier molecular flexibility index (Phi) is 3.76. The normalized spacial score (nSPS) is 10.2. The molecule has 96 valence electrons. The van der Waals surface area contributed by atoms with E-state index in [0.29, 0.717) is 12.0 Å². The fraction of sp³-hybridized carbons (Fsp3) is 0.125. The highest BCUT2D eigenvalue weighted by Crippen LogP contribution is 2.21. The van der Waals surface area contributed by atoms with Crippen LogP contribution in [0.25, 0.3) is 11.1 Å². The van der Waals surface area contributed by atoms with Crippen LogP contribution in [-0.4, -0.2) is 16.9 Å². The predicted molar refractivity (Wildman–Crippen MR) is 73.5 cm³/mol. The van der Waals surface area contributed by atoms with Crippen molar-refractivity contribution >= 4 is 11.8 Å². The first-order valence-electron chi connectivity index (χ1n) is 6.09. The Labute approximate surface area is 111 Å². The summed E-state index contributed by atoms with van der Waals surface area (Å²) in [6.45, 7) is 1.83. The maximum Gasteiger partial charge on any atom is 0.335 e. The van der Waals surface area contributed by atoms with Crippen molar-refractivity contribution in [2.24, 2.45) is 0 Å². The van der Waals surface area contributed by atoms with Gasteiger partial charge in [0.05, 0.1) is 5.56 Å². The number of carbonyl (C=O) groups excluding carboxylic acids is 1. The van der Waals surface area contributed by atoms with E-state index >= 15 is 0 Å². The number of Topliss-reactive ketones (excluding diaryl/α,β-unsaturated/α-hetero) is 1. The molecule has 0 aliphatic heterocycles. The molecule has 0 bridgehead atoms. The lowest BCUT2D eigenvalue weighted by atomic mass is 10.00. The Hall–Kier alpha value is -2.42. The summed E-state index contributed by atoms with van der Waals surface area (Å²) in [6.07, 6.45) is 0.474. The van der Waals surface area contributed by atoms with E-state index in [4.69, 9.17) is 5.11 Å². The van der Waals surface area contributed by atoms with Crippen molar-refractivity contribution in [3.05, 3.63) is 59.7 Å². The SMILES string of the molecule is CCC(=O)c1cccc(-c2ccc(C(=O)O)cc2)c1. The van der Waals surface area contributed by atoms with Gasteiger partial charge in [-0.05, 0) is 29.3 Å². The number of carboxylic acids is 1. The Morgan fingerprint density at radius 3 is 2.21 bits per heavy atom. The van der Waals surface area contributed by atoms with Crippen LogP contribution in [0.1, 0.15) is 34.1 Å². The Morgan fingerprint density at radius 2 is 1.63 bits per heavy atom. The van der Waals surface area contributed by atoms with Crippen LogP contribution < -0.4 is 0 Å². The average molecular weight is 254 g/mol. The molecule has 2 aromatic carbocycles. The maximum absolute atomic E-state index is 11.7. The van der Waals surface area contributed by atoms with Crippen LogP contribution in [0.15, 0.2) is 48.5 Å². The highest BCUT2D eigenvalue weighted by atomic mass is 16.4. The first-order valence-corrected chi connectivity index (χ1v) is 6.09. The van der Waals surface area contributed by atoms with E-state index in [-0.39, 0.29) is 11.3 Å². The van der Waals surface area contributed by atoms with Gasteiger partial charge in [-0.2, -0.15) is 0 Å². The zero-order chi connectivity index (χ0) is 13.8. The molecule has 0 amide bonds. The highest BCUT2D eigenvalue weighted by Gasteiger charge is 2.06. The summed E-state index contributed by atoms with van der Waals surface area (Å²) in [6, 6.07) is 14.0. The fourth-order valence-corrected chi connectivity index (χ4v) is 1.88. The van der Waals surface area contributed by atoms with E-state index in [1.165, 1.54) is 0 Å². The molecule has 0 saturated carbocycles. The second-order valence-corrected chi connectivity index (χ2v) is 4.24. The number of aromatic carboxylic acids is 1. The summed E-state index contributed by atoms with van der Waals surface area (Å²) in [4.78, 5) is 22.4. The number of rotatable bonds is 4. The molecule has 3 heteroatoms. The number of carbonyl (C=O) groups is 2. The van der Waals surface area contributed by atoms with Gasteiger partial charge in [0, 0.05) is 12.0 Å². The summed E-state index contributed by atoms with van der Waals surface area (Å²) in [7, 11) is 0. The smallest absolute Gasteiger partial charge is 0.335 e. The lowest BCUT2D eigenvalue weighted by Crippen LogP contribution is -1.97. The van der Waals surface area contributed by atoms with E-state index in [2.05, 4.69) is 0 Å². The standard InChI is InChI=1S/C16H14O3/c1-2-15(17)14-5-3-4-13(10-14)11-6-8-12(9-7-11)16(18)19/h3-10H,2H2,1H3,(H,18,19). The van der Waals surface area contributed by atoms with Crippen molar-refractivity contribution in [3.63, 3.8) is 0 Å². The van der Waals surface area contributed by atoms with Crippen molar-refractivity contribution < 1.29 is 14.7 Å². The minimum absolute atomic E-state index is 0.101. The van der Waals surface area contributed by atoms with Crippen molar-refractivity contribution in [3.8, 4) is 11.1 Å². The molecule has 0 fully saturated rings. The van der Waals surface area contributed by atoms with Gasteiger partial charge in [-0.3, -0.25) is 4.79 Å². The molecule has 0 heterocycles. The average Bonchev–Trinajstić information content (AvgIpc) is 2.46. The zero-order valence-corrected chi connectivity index (χ0v) is 10.6. The number of benzene rings is 2. The quantitative estimate of drug-likeness (QED) is 0.847. The summed E-state index contributed by atoms with van der Waals surface area (Å²) in [5.74, 6) is -0.842. The van der Waals surface area contributed by atoms with Gasteiger partial charge in [-0.1, -0.05) is 37.3 Å². The van der Waals surface area contributed by atoms with Gasteiger partial charge in [0.15, 0.2) is 5.78 Å². The molecule has 19 heavy (non-hydrogen) atoms. The minimum atomic E-state index is -0.943. The molecular weight excluding hydrogens is 240 g/mol. The molecule has 0 aliphatic carbocycles. The first-order chi connectivity index (χ1) is 9.11. The molecule has 0 aromatic heterocycles. The molecule has 0 unspecified atom stereocenters. The second-order valence-electron chi connectivity index (χ2n) is 4.24. The van der Waals surface area contributed by atoms with Crippen LogP contribution in [0, 0.1) is 0 Å². The zero-order valence-electron chi connectivity index (χ0n) is 10.6. The van der Waals surface area contributed by atoms with Crippen LogP contribution in [0.2, 0.25) is 0 Å². The third-order valence-corrected chi connectivity index (χ3v) is 2.97. The molecular formula is C16H14O3. The minimum Gasteiger partial charge on any atom is -0.478 e. The number of ketones is 1. The van der Waals surface area contributed by atoms with Crippen LogP contribution in [0.5, 0.6) is 0 Å². The summed E-state index contributed by atoms with van der Waals surface area (Å²) in [5, 5.41) is 8.85. The van der Waals surface area contributed by atoms with E-state index in [1.807, 2.05) is 25.1 Å². The van der Waals surface area contributed by atoms with Crippen molar-refractivity contribution in [2.45, 2.75) is 13.3 Å². The van der Waals surface area contributed by atoms with Crippen molar-refractivity contribution in [2.75, 3.05) is 0 Å². The second kappa shape index (κ2) is 5.48. The summed E-state index contributed by atoms with van der Waals surface area (Å²) in [5.41, 5.74) is 2.75. The highest BCUT2D eigenvalue weighted by molar-refractivity contribution is 5.97. The van der Waals surface area contributed by atoms with Gasteiger partial charge in [0.25, 0.3) is 0 Å². The van der Waals surface area contributed by atoms with E-state index in [0.717, 1.165) is 11.1 Å². The van der Waals surface area contributed by atoms with Gasteiger partial charge >= 0.3 is 5.97 Å². The van der Waals surface area contributed by atoms with Crippen LogP contribution >= 0.6 is 0 Å².